The summed E-state index contributed by atoms with van der Waals surface area (Å²) in [4.78, 5) is 43.8. The molecule has 1 aromatic carbocycles. The fraction of sp³-hybridized carbons (Fsp3) is 0.577. The van der Waals surface area contributed by atoms with Gasteiger partial charge in [0.25, 0.3) is 5.91 Å². The Bertz CT molecular complexity index is 1030. The number of hydrogen-bond donors (Lipinski definition) is 2. The molecule has 2 N–H and O–H groups in total. The van der Waals surface area contributed by atoms with Gasteiger partial charge in [0.1, 0.15) is 6.04 Å². The number of hydrogen-bond acceptors (Lipinski definition) is 5. The molecular weight excluding hydrogens is 532 g/mol. The topological polar surface area (TPSA) is 98.2 Å². The highest BCUT2D eigenvalue weighted by molar-refractivity contribution is 9.09. The van der Waals surface area contributed by atoms with Crippen LogP contribution in [-0.4, -0.2) is 73.5 Å². The summed E-state index contributed by atoms with van der Waals surface area (Å²) < 4.78 is -0.788. The van der Waals surface area contributed by atoms with Crippen molar-refractivity contribution in [2.45, 2.75) is 60.4 Å². The number of unbranched alkanes of at least 4 members (excludes halogenated alkanes) is 2. The van der Waals surface area contributed by atoms with Crippen molar-refractivity contribution in [2.75, 3.05) is 24.6 Å². The van der Waals surface area contributed by atoms with Crippen LogP contribution in [0.15, 0.2) is 30.9 Å². The van der Waals surface area contributed by atoms with E-state index in [1.165, 1.54) is 11.8 Å². The van der Waals surface area contributed by atoms with Gasteiger partial charge < -0.3 is 20.0 Å². The van der Waals surface area contributed by atoms with E-state index in [1.54, 1.807) is 15.9 Å². The van der Waals surface area contributed by atoms with E-state index in [4.69, 9.17) is 0 Å². The fourth-order valence-corrected chi connectivity index (χ4v) is 9.70. The Labute approximate surface area is 219 Å². The predicted molar refractivity (Wildman–Crippen MR) is 141 cm³/mol. The maximum absolute atomic E-state index is 14.4. The maximum Gasteiger partial charge on any atom is 0.308 e. The summed E-state index contributed by atoms with van der Waals surface area (Å²) in [6, 6.07) is 5.19. The number of alkyl halides is 1. The number of aliphatic carboxylic acids is 1. The van der Waals surface area contributed by atoms with Crippen LogP contribution in [-0.2, 0) is 14.4 Å². The lowest BCUT2D eigenvalue weighted by Gasteiger charge is -2.38. The summed E-state index contributed by atoms with van der Waals surface area (Å²) >= 11 is 5.19. The second-order valence-electron chi connectivity index (χ2n) is 9.85. The lowest BCUT2D eigenvalue weighted by molar-refractivity contribution is -0.148. The number of carbonyl (C=O) groups excluding carboxylic acids is 2. The first kappa shape index (κ1) is 26.2. The van der Waals surface area contributed by atoms with Crippen LogP contribution in [0.5, 0.6) is 0 Å². The van der Waals surface area contributed by atoms with Crippen LogP contribution in [0.3, 0.4) is 0 Å². The van der Waals surface area contributed by atoms with Crippen molar-refractivity contribution in [2.24, 2.45) is 11.8 Å². The van der Waals surface area contributed by atoms with Crippen LogP contribution in [0.25, 0.3) is 0 Å². The molecule has 3 heterocycles. The number of thioether (sulfide) groups is 1. The largest absolute Gasteiger partial charge is 0.481 e. The van der Waals surface area contributed by atoms with Crippen LogP contribution < -0.4 is 4.90 Å². The Morgan fingerprint density at radius 2 is 2.06 bits per heavy atom. The quantitative estimate of drug-likeness (QED) is 0.256. The monoisotopic (exact) mass is 564 g/mol. The third-order valence-corrected chi connectivity index (χ3v) is 10.8. The molecule has 6 atom stereocenters. The maximum atomic E-state index is 14.4. The van der Waals surface area contributed by atoms with E-state index < -0.39 is 28.6 Å². The second-order valence-corrected chi connectivity index (χ2v) is 12.6. The Morgan fingerprint density at radius 3 is 2.71 bits per heavy atom. The molecule has 0 aromatic heterocycles. The molecule has 3 unspecified atom stereocenters. The number of fused-ring (bicyclic) bond motifs is 1. The van der Waals surface area contributed by atoms with Crippen LogP contribution in [0.2, 0.25) is 0 Å². The van der Waals surface area contributed by atoms with E-state index in [2.05, 4.69) is 22.5 Å². The predicted octanol–water partition coefficient (Wildman–Crippen LogP) is 3.53. The molecule has 2 amide bonds. The Kier molecular flexibility index (Phi) is 7.69. The number of amides is 2. The average molecular weight is 566 g/mol. The smallest absolute Gasteiger partial charge is 0.308 e. The van der Waals surface area contributed by atoms with Crippen molar-refractivity contribution in [3.63, 3.8) is 0 Å². The summed E-state index contributed by atoms with van der Waals surface area (Å²) in [7, 11) is 0. The molecule has 2 bridgehead atoms. The van der Waals surface area contributed by atoms with Crippen molar-refractivity contribution in [3.8, 4) is 0 Å². The molecule has 0 aliphatic carbocycles. The molecule has 190 valence electrons. The number of halogens is 1. The van der Waals surface area contributed by atoms with Crippen LogP contribution in [0.4, 0.5) is 5.69 Å². The zero-order chi connectivity index (χ0) is 25.5. The first-order valence-electron chi connectivity index (χ1n) is 12.1. The second kappa shape index (κ2) is 10.3. The number of aliphatic hydroxyl groups excluding tert-OH is 1. The number of benzene rings is 1. The lowest BCUT2D eigenvalue weighted by Crippen LogP contribution is -2.55. The van der Waals surface area contributed by atoms with Gasteiger partial charge in [-0.25, -0.2) is 0 Å². The van der Waals surface area contributed by atoms with Crippen molar-refractivity contribution in [1.82, 2.24) is 4.90 Å². The molecule has 3 aliphatic rings. The summed E-state index contributed by atoms with van der Waals surface area (Å²) in [5.74, 6) is -2.93. The van der Waals surface area contributed by atoms with Crippen molar-refractivity contribution >= 4 is 51.2 Å². The van der Waals surface area contributed by atoms with E-state index in [-0.39, 0.29) is 28.5 Å². The van der Waals surface area contributed by atoms with Gasteiger partial charge in [-0.05, 0) is 56.7 Å². The molecule has 9 heteroatoms. The number of anilines is 1. The molecule has 3 saturated heterocycles. The first-order chi connectivity index (χ1) is 16.7. The molecule has 0 saturated carbocycles. The normalized spacial score (nSPS) is 31.0. The zero-order valence-corrected chi connectivity index (χ0v) is 22.6. The van der Waals surface area contributed by atoms with Gasteiger partial charge in [0.15, 0.2) is 0 Å². The number of carboxylic acids is 1. The van der Waals surface area contributed by atoms with E-state index in [0.717, 1.165) is 23.2 Å². The summed E-state index contributed by atoms with van der Waals surface area (Å²) in [5, 5.41) is 19.0. The lowest BCUT2D eigenvalue weighted by atomic mass is 9.71. The molecule has 3 aliphatic heterocycles. The minimum atomic E-state index is -0.974. The number of carboxylic acid groups (broad SMARTS) is 1. The number of aryl methyl sites for hydroxylation is 2. The summed E-state index contributed by atoms with van der Waals surface area (Å²) in [5.41, 5.74) is 2.75. The van der Waals surface area contributed by atoms with Gasteiger partial charge in [-0.15, -0.1) is 18.3 Å². The van der Waals surface area contributed by atoms with Crippen molar-refractivity contribution in [3.05, 3.63) is 42.0 Å². The average Bonchev–Trinajstić information content (AvgIpc) is 3.40. The number of carbonyl (C=O) groups is 3. The third kappa shape index (κ3) is 4.33. The Hall–Kier alpha value is -1.84. The van der Waals surface area contributed by atoms with Gasteiger partial charge in [-0.2, -0.15) is 0 Å². The van der Waals surface area contributed by atoms with Crippen molar-refractivity contribution < 1.29 is 24.6 Å². The summed E-state index contributed by atoms with van der Waals surface area (Å²) in [6.07, 6.45) is 4.25. The minimum absolute atomic E-state index is 0.0733. The molecule has 4 rings (SSSR count). The number of nitrogens with zero attached hydrogens (tertiary/aromatic N) is 2. The van der Waals surface area contributed by atoms with Gasteiger partial charge in [0.2, 0.25) is 5.91 Å². The third-order valence-electron chi connectivity index (χ3n) is 7.60. The molecule has 1 aromatic rings. The summed E-state index contributed by atoms with van der Waals surface area (Å²) in [6.45, 7) is 8.53. The van der Waals surface area contributed by atoms with E-state index >= 15 is 0 Å². The highest BCUT2D eigenvalue weighted by Gasteiger charge is 2.76. The molecule has 3 fully saturated rings. The molecule has 1 spiro atoms. The standard InChI is InChI=1S/C26H33BrN2O5S/c1-4-10-28(18-13-15(2)8-9-16(18)3)24(32)22-26-14-17(27)21(35-26)19(25(33)34)20(26)23(31)29(22)11-6-5-7-12-30/h4,8-9,13,17,19-22,30H,1,5-7,10-12,14H2,2-3H3,(H,33,34)/t17?,19-,20-,21-,22?,26?/m0/s1. The fourth-order valence-electron chi connectivity index (χ4n) is 6.10. The van der Waals surface area contributed by atoms with E-state index in [9.17, 15) is 24.6 Å². The van der Waals surface area contributed by atoms with Gasteiger partial charge >= 0.3 is 5.97 Å². The zero-order valence-electron chi connectivity index (χ0n) is 20.2. The molecule has 35 heavy (non-hydrogen) atoms. The van der Waals surface area contributed by atoms with Crippen LogP contribution in [0.1, 0.15) is 36.8 Å². The Morgan fingerprint density at radius 1 is 1.31 bits per heavy atom. The SMILES string of the molecule is C=CCN(C(=O)C1N(CCCCCO)C(=O)[C@@H]2[C@H](C(=O)O)[C@H]3SC12CC3Br)c1cc(C)ccc1C. The Balaban J connectivity index is 1.78. The minimum Gasteiger partial charge on any atom is -0.481 e. The van der Waals surface area contributed by atoms with Crippen LogP contribution >= 0.6 is 27.7 Å². The number of aliphatic hydroxyl groups is 1. The number of likely N-dealkylation sites (tertiary alicyclic amines) is 1. The van der Waals surface area contributed by atoms with E-state index in [0.29, 0.717) is 32.4 Å². The van der Waals surface area contributed by atoms with Gasteiger partial charge in [-0.1, -0.05) is 34.1 Å². The first-order valence-corrected chi connectivity index (χ1v) is 13.9. The molecule has 0 radical (unpaired) electrons. The van der Waals surface area contributed by atoms with Gasteiger partial charge in [-0.3, -0.25) is 14.4 Å². The van der Waals surface area contributed by atoms with Crippen LogP contribution in [0, 0.1) is 25.7 Å². The highest BCUT2D eigenvalue weighted by atomic mass is 79.9. The van der Waals surface area contributed by atoms with Crippen molar-refractivity contribution in [1.29, 1.82) is 0 Å². The van der Waals surface area contributed by atoms with Gasteiger partial charge in [0.05, 0.1) is 16.6 Å². The van der Waals surface area contributed by atoms with Gasteiger partial charge in [0, 0.05) is 35.5 Å². The molecular formula is C26H33BrN2O5S. The number of rotatable bonds is 10. The molecule has 7 nitrogen and oxygen atoms in total. The van der Waals surface area contributed by atoms with E-state index in [1.807, 2.05) is 32.0 Å². The highest BCUT2D eigenvalue weighted by Crippen LogP contribution is 2.67.